The van der Waals surface area contributed by atoms with Gasteiger partial charge in [0.1, 0.15) is 5.75 Å². The molecular weight excluding hydrogens is 424 g/mol. The lowest BCUT2D eigenvalue weighted by atomic mass is 10.2. The number of aryl methyl sites for hydroxylation is 1. The maximum absolute atomic E-state index is 12.3. The number of thioether (sulfide) groups is 1. The van der Waals surface area contributed by atoms with E-state index < -0.39 is 0 Å². The molecule has 0 atom stereocenters. The maximum Gasteiger partial charge on any atom is 0.227 e. The van der Waals surface area contributed by atoms with Crippen molar-refractivity contribution in [3.63, 3.8) is 0 Å². The monoisotopic (exact) mass is 452 g/mol. The first-order valence-electron chi connectivity index (χ1n) is 11.0. The van der Waals surface area contributed by atoms with Crippen LogP contribution in [0.2, 0.25) is 0 Å². The highest BCUT2D eigenvalue weighted by Gasteiger charge is 2.12. The van der Waals surface area contributed by atoms with Gasteiger partial charge in [-0.05, 0) is 48.9 Å². The zero-order valence-electron chi connectivity index (χ0n) is 18.3. The molecule has 0 spiro atoms. The number of hydrogen-bond donors (Lipinski definition) is 1. The third-order valence-electron chi connectivity index (χ3n) is 5.26. The van der Waals surface area contributed by atoms with Crippen LogP contribution in [0, 0.1) is 0 Å². The fraction of sp³-hybridized carbons (Fsp3) is 0.375. The molecule has 1 aliphatic rings. The molecule has 0 unspecified atom stereocenters. The Labute approximate surface area is 192 Å². The molecule has 2 aromatic carbocycles. The fourth-order valence-corrected chi connectivity index (χ4v) is 4.40. The first kappa shape index (κ1) is 22.2. The van der Waals surface area contributed by atoms with Crippen molar-refractivity contribution < 1.29 is 14.1 Å². The van der Waals surface area contributed by atoms with Crippen LogP contribution in [0.3, 0.4) is 0 Å². The highest BCUT2D eigenvalue weighted by atomic mass is 32.2. The van der Waals surface area contributed by atoms with Crippen LogP contribution in [0.1, 0.15) is 24.8 Å². The number of carbonyl (C=O) groups is 1. The molecule has 1 amide bonds. The SMILES string of the molecule is CCOc1ccc(-c2noc(CCC(=O)NCc3ccc(N4CCSCC4)cc3)n2)cc1. The van der Waals surface area contributed by atoms with Crippen molar-refractivity contribution in [2.75, 3.05) is 36.1 Å². The van der Waals surface area contributed by atoms with Crippen molar-refractivity contribution in [3.05, 3.63) is 60.0 Å². The summed E-state index contributed by atoms with van der Waals surface area (Å²) in [4.78, 5) is 19.1. The van der Waals surface area contributed by atoms with Crippen LogP contribution < -0.4 is 15.0 Å². The van der Waals surface area contributed by atoms with E-state index in [4.69, 9.17) is 9.26 Å². The van der Waals surface area contributed by atoms with Gasteiger partial charge < -0.3 is 19.5 Å². The summed E-state index contributed by atoms with van der Waals surface area (Å²) in [6, 6.07) is 16.0. The minimum absolute atomic E-state index is 0.0389. The molecule has 0 bridgehead atoms. The van der Waals surface area contributed by atoms with Gasteiger partial charge in [0.05, 0.1) is 6.61 Å². The lowest BCUT2D eigenvalue weighted by Gasteiger charge is -2.28. The van der Waals surface area contributed by atoms with Crippen molar-refractivity contribution in [3.8, 4) is 17.1 Å². The molecule has 1 N–H and O–H groups in total. The molecule has 2 heterocycles. The summed E-state index contributed by atoms with van der Waals surface area (Å²) in [5.74, 6) is 4.09. The molecule has 0 saturated carbocycles. The first-order chi connectivity index (χ1) is 15.7. The van der Waals surface area contributed by atoms with Crippen LogP contribution in [-0.2, 0) is 17.8 Å². The summed E-state index contributed by atoms with van der Waals surface area (Å²) in [6.07, 6.45) is 0.705. The number of amides is 1. The van der Waals surface area contributed by atoms with E-state index in [9.17, 15) is 4.79 Å². The standard InChI is InChI=1S/C24H28N4O3S/c1-2-30-21-9-5-19(6-10-21)24-26-23(31-27-24)12-11-22(29)25-17-18-3-7-20(8-4-18)28-13-15-32-16-14-28/h3-10H,2,11-17H2,1H3,(H,25,29). The highest BCUT2D eigenvalue weighted by Crippen LogP contribution is 2.21. The second-order valence-corrected chi connectivity index (χ2v) is 8.74. The van der Waals surface area contributed by atoms with E-state index in [2.05, 4.69) is 44.6 Å². The van der Waals surface area contributed by atoms with Crippen LogP contribution in [-0.4, -0.2) is 47.2 Å². The average molecular weight is 453 g/mol. The van der Waals surface area contributed by atoms with Gasteiger partial charge in [-0.15, -0.1) is 0 Å². The zero-order valence-corrected chi connectivity index (χ0v) is 19.1. The second-order valence-electron chi connectivity index (χ2n) is 7.51. The molecule has 32 heavy (non-hydrogen) atoms. The topological polar surface area (TPSA) is 80.5 Å². The van der Waals surface area contributed by atoms with E-state index in [-0.39, 0.29) is 5.91 Å². The van der Waals surface area contributed by atoms with E-state index >= 15 is 0 Å². The smallest absolute Gasteiger partial charge is 0.227 e. The first-order valence-corrected chi connectivity index (χ1v) is 12.1. The maximum atomic E-state index is 12.3. The Hall–Kier alpha value is -3.00. The van der Waals surface area contributed by atoms with Gasteiger partial charge >= 0.3 is 0 Å². The Balaban J connectivity index is 1.22. The molecule has 0 radical (unpaired) electrons. The van der Waals surface area contributed by atoms with Gasteiger partial charge in [0.25, 0.3) is 0 Å². The molecule has 7 nitrogen and oxygen atoms in total. The Kier molecular flexibility index (Phi) is 7.66. The zero-order chi connectivity index (χ0) is 22.2. The Morgan fingerprint density at radius 2 is 1.88 bits per heavy atom. The molecular formula is C24H28N4O3S. The molecule has 8 heteroatoms. The molecule has 1 saturated heterocycles. The fourth-order valence-electron chi connectivity index (χ4n) is 3.50. The predicted octanol–water partition coefficient (Wildman–Crippen LogP) is 3.94. The quantitative estimate of drug-likeness (QED) is 0.527. The molecule has 0 aliphatic carbocycles. The van der Waals surface area contributed by atoms with Crippen molar-refractivity contribution in [1.29, 1.82) is 0 Å². The van der Waals surface area contributed by atoms with Gasteiger partial charge in [-0.1, -0.05) is 17.3 Å². The van der Waals surface area contributed by atoms with Crippen molar-refractivity contribution in [1.82, 2.24) is 15.5 Å². The number of benzene rings is 2. The van der Waals surface area contributed by atoms with E-state index in [1.807, 2.05) is 43.0 Å². The molecule has 168 valence electrons. The Bertz CT molecular complexity index is 999. The van der Waals surface area contributed by atoms with Crippen LogP contribution in [0.5, 0.6) is 5.75 Å². The molecule has 3 aromatic rings. The molecule has 1 aliphatic heterocycles. The van der Waals surface area contributed by atoms with Crippen molar-refractivity contribution in [2.24, 2.45) is 0 Å². The number of ether oxygens (including phenoxy) is 1. The van der Waals surface area contributed by atoms with E-state index in [1.165, 1.54) is 17.2 Å². The predicted molar refractivity (Wildman–Crippen MR) is 127 cm³/mol. The summed E-state index contributed by atoms with van der Waals surface area (Å²) in [6.45, 7) is 5.27. The molecule has 1 fully saturated rings. The van der Waals surface area contributed by atoms with Crippen LogP contribution in [0.25, 0.3) is 11.4 Å². The van der Waals surface area contributed by atoms with E-state index in [1.54, 1.807) is 0 Å². The van der Waals surface area contributed by atoms with Gasteiger partial charge in [0.2, 0.25) is 17.6 Å². The number of hydrogen-bond acceptors (Lipinski definition) is 7. The average Bonchev–Trinajstić information content (AvgIpc) is 3.32. The minimum atomic E-state index is -0.0389. The second kappa shape index (κ2) is 11.0. The highest BCUT2D eigenvalue weighted by molar-refractivity contribution is 7.99. The number of aromatic nitrogens is 2. The lowest BCUT2D eigenvalue weighted by Crippen LogP contribution is -2.32. The van der Waals surface area contributed by atoms with Gasteiger partial charge in [0.15, 0.2) is 0 Å². The minimum Gasteiger partial charge on any atom is -0.494 e. The van der Waals surface area contributed by atoms with Crippen molar-refractivity contribution >= 4 is 23.4 Å². The normalized spacial score (nSPS) is 13.7. The summed E-state index contributed by atoms with van der Waals surface area (Å²) >= 11 is 2.00. The van der Waals surface area contributed by atoms with Crippen LogP contribution in [0.15, 0.2) is 53.1 Å². The van der Waals surface area contributed by atoms with Gasteiger partial charge in [-0.2, -0.15) is 16.7 Å². The molecule has 1 aromatic heterocycles. The third kappa shape index (κ3) is 6.03. The molecule has 4 rings (SSSR count). The largest absolute Gasteiger partial charge is 0.494 e. The van der Waals surface area contributed by atoms with Crippen LogP contribution in [0.4, 0.5) is 5.69 Å². The number of nitrogens with one attached hydrogen (secondary N) is 1. The van der Waals surface area contributed by atoms with E-state index in [0.29, 0.717) is 37.7 Å². The van der Waals surface area contributed by atoms with Gasteiger partial charge in [0, 0.05) is 55.2 Å². The lowest BCUT2D eigenvalue weighted by molar-refractivity contribution is -0.121. The van der Waals surface area contributed by atoms with E-state index in [0.717, 1.165) is 30.0 Å². The Morgan fingerprint density at radius 1 is 1.12 bits per heavy atom. The summed E-state index contributed by atoms with van der Waals surface area (Å²) in [5.41, 5.74) is 3.18. The number of nitrogens with zero attached hydrogens (tertiary/aromatic N) is 3. The van der Waals surface area contributed by atoms with Crippen molar-refractivity contribution in [2.45, 2.75) is 26.3 Å². The summed E-state index contributed by atoms with van der Waals surface area (Å²) in [5, 5.41) is 6.98. The number of rotatable bonds is 9. The summed E-state index contributed by atoms with van der Waals surface area (Å²) in [7, 11) is 0. The number of carbonyl (C=O) groups excluding carboxylic acids is 1. The number of anilines is 1. The van der Waals surface area contributed by atoms with Crippen LogP contribution >= 0.6 is 11.8 Å². The Morgan fingerprint density at radius 3 is 2.59 bits per heavy atom. The summed E-state index contributed by atoms with van der Waals surface area (Å²) < 4.78 is 10.7. The van der Waals surface area contributed by atoms with Gasteiger partial charge in [-0.3, -0.25) is 4.79 Å². The van der Waals surface area contributed by atoms with Gasteiger partial charge in [-0.25, -0.2) is 0 Å². The third-order valence-corrected chi connectivity index (χ3v) is 6.20.